The Morgan fingerprint density at radius 1 is 1.10 bits per heavy atom. The summed E-state index contributed by atoms with van der Waals surface area (Å²) in [5, 5.41) is 11.3. The maximum atomic E-state index is 12.0. The fourth-order valence-corrected chi connectivity index (χ4v) is 2.02. The van der Waals surface area contributed by atoms with E-state index in [1.54, 1.807) is 0 Å². The van der Waals surface area contributed by atoms with Crippen LogP contribution in [0, 0.1) is 5.41 Å². The summed E-state index contributed by atoms with van der Waals surface area (Å²) in [7, 11) is 0. The van der Waals surface area contributed by atoms with Crippen molar-refractivity contribution in [3.05, 3.63) is 47.5 Å². The summed E-state index contributed by atoms with van der Waals surface area (Å²) in [6.07, 6.45) is 0.757. The summed E-state index contributed by atoms with van der Waals surface area (Å²) in [5.41, 5.74) is 1.43. The molecule has 0 fully saturated rings. The van der Waals surface area contributed by atoms with Gasteiger partial charge >= 0.3 is 5.97 Å². The first-order valence-corrected chi connectivity index (χ1v) is 7.26. The second kappa shape index (κ2) is 6.27. The average Bonchev–Trinajstić information content (AvgIpc) is 2.51. The fourth-order valence-electron chi connectivity index (χ4n) is 2.02. The molecular weight excluding hydrogens is 264 g/mol. The number of aliphatic hydroxyl groups excluding tert-OH is 1. The van der Waals surface area contributed by atoms with Crippen LogP contribution in [0.5, 0.6) is 0 Å². The number of benzene rings is 2. The maximum Gasteiger partial charge on any atom is 0.311 e. The van der Waals surface area contributed by atoms with Crippen molar-refractivity contribution < 1.29 is 14.6 Å². The van der Waals surface area contributed by atoms with Crippen molar-refractivity contribution in [3.63, 3.8) is 0 Å². The van der Waals surface area contributed by atoms with Crippen molar-refractivity contribution in [2.75, 3.05) is 0 Å². The Balaban J connectivity index is 2.11. The molecule has 2 aromatic carbocycles. The zero-order valence-corrected chi connectivity index (χ0v) is 12.8. The molecule has 2 aromatic rings. The van der Waals surface area contributed by atoms with Crippen molar-refractivity contribution in [1.29, 1.82) is 0 Å². The smallest absolute Gasteiger partial charge is 0.311 e. The summed E-state index contributed by atoms with van der Waals surface area (Å²) in [6.45, 7) is 6.11. The molecular formula is C18H22O3. The van der Waals surface area contributed by atoms with Gasteiger partial charge in [0.05, 0.1) is 12.0 Å². The van der Waals surface area contributed by atoms with E-state index in [1.165, 1.54) is 0 Å². The monoisotopic (exact) mass is 286 g/mol. The van der Waals surface area contributed by atoms with Gasteiger partial charge in [-0.25, -0.2) is 0 Å². The molecule has 0 aromatic heterocycles. The van der Waals surface area contributed by atoms with Gasteiger partial charge in [0.25, 0.3) is 0 Å². The van der Waals surface area contributed by atoms with Gasteiger partial charge in [0, 0.05) is 0 Å². The van der Waals surface area contributed by atoms with Crippen molar-refractivity contribution in [2.24, 2.45) is 5.41 Å². The van der Waals surface area contributed by atoms with Crippen LogP contribution in [0.2, 0.25) is 0 Å². The highest BCUT2D eigenvalue weighted by molar-refractivity contribution is 5.84. The lowest BCUT2D eigenvalue weighted by Crippen LogP contribution is -2.25. The fraction of sp³-hybridized carbons (Fsp3) is 0.389. The maximum absolute atomic E-state index is 12.0. The van der Waals surface area contributed by atoms with E-state index in [2.05, 4.69) is 0 Å². The van der Waals surface area contributed by atoms with Gasteiger partial charge in [-0.15, -0.1) is 0 Å². The van der Waals surface area contributed by atoms with Crippen LogP contribution < -0.4 is 0 Å². The molecule has 0 heterocycles. The summed E-state index contributed by atoms with van der Waals surface area (Å²) in [5.74, 6) is -0.166. The molecule has 112 valence electrons. The summed E-state index contributed by atoms with van der Waals surface area (Å²) < 4.78 is 5.40. The molecule has 3 heteroatoms. The first-order valence-electron chi connectivity index (χ1n) is 7.26. The van der Waals surface area contributed by atoms with Gasteiger partial charge < -0.3 is 9.84 Å². The molecule has 0 aliphatic carbocycles. The van der Waals surface area contributed by atoms with Crippen LogP contribution in [-0.4, -0.2) is 11.1 Å². The Morgan fingerprint density at radius 3 is 2.24 bits per heavy atom. The molecule has 0 unspecified atom stereocenters. The van der Waals surface area contributed by atoms with Gasteiger partial charge in [0.2, 0.25) is 0 Å². The Kier molecular flexibility index (Phi) is 4.63. The van der Waals surface area contributed by atoms with Crippen molar-refractivity contribution in [1.82, 2.24) is 0 Å². The molecule has 0 aliphatic rings. The second-order valence-electron chi connectivity index (χ2n) is 5.99. The Bertz CT molecular complexity index is 644. The molecule has 2 rings (SSSR count). The molecule has 0 amide bonds. The molecule has 0 spiro atoms. The van der Waals surface area contributed by atoms with Crippen molar-refractivity contribution in [3.8, 4) is 0 Å². The SMILES string of the molecule is CCC(C)(C)C(=O)OCc1ccc2cc(CO)ccc2c1. The van der Waals surface area contributed by atoms with Crippen LogP contribution in [0.3, 0.4) is 0 Å². The number of carbonyl (C=O) groups excluding carboxylic acids is 1. The molecule has 0 radical (unpaired) electrons. The number of carbonyl (C=O) groups is 1. The van der Waals surface area contributed by atoms with Crippen molar-refractivity contribution in [2.45, 2.75) is 40.4 Å². The lowest BCUT2D eigenvalue weighted by molar-refractivity contribution is -0.155. The predicted molar refractivity (Wildman–Crippen MR) is 83.7 cm³/mol. The Morgan fingerprint density at radius 2 is 1.67 bits per heavy atom. The van der Waals surface area contributed by atoms with E-state index in [-0.39, 0.29) is 12.6 Å². The third kappa shape index (κ3) is 3.61. The number of aliphatic hydroxyl groups is 1. The van der Waals surface area contributed by atoms with Crippen LogP contribution in [0.25, 0.3) is 10.8 Å². The van der Waals surface area contributed by atoms with Gasteiger partial charge in [0.1, 0.15) is 6.61 Å². The third-order valence-electron chi connectivity index (χ3n) is 3.96. The lowest BCUT2D eigenvalue weighted by atomic mass is 9.91. The number of rotatable bonds is 5. The molecule has 1 N–H and O–H groups in total. The van der Waals surface area contributed by atoms with E-state index in [9.17, 15) is 4.79 Å². The van der Waals surface area contributed by atoms with E-state index in [0.29, 0.717) is 6.61 Å². The highest BCUT2D eigenvalue weighted by Gasteiger charge is 2.26. The minimum Gasteiger partial charge on any atom is -0.460 e. The summed E-state index contributed by atoms with van der Waals surface area (Å²) in [4.78, 5) is 12.0. The molecule has 0 aliphatic heterocycles. The standard InChI is InChI=1S/C18H22O3/c1-4-18(2,3)17(20)21-12-14-6-8-15-9-13(11-19)5-7-16(15)10-14/h5-10,19H,4,11-12H2,1-3H3. The predicted octanol–water partition coefficient (Wildman–Crippen LogP) is 3.81. The largest absolute Gasteiger partial charge is 0.460 e. The molecule has 0 bridgehead atoms. The van der Waals surface area contributed by atoms with Gasteiger partial charge in [0.15, 0.2) is 0 Å². The van der Waals surface area contributed by atoms with Crippen LogP contribution in [0.4, 0.5) is 0 Å². The van der Waals surface area contributed by atoms with Gasteiger partial charge in [-0.3, -0.25) is 4.79 Å². The summed E-state index contributed by atoms with van der Waals surface area (Å²) in [6, 6.07) is 11.8. The first-order chi connectivity index (χ1) is 9.96. The number of ether oxygens (including phenoxy) is 1. The van der Waals surface area contributed by atoms with Crippen LogP contribution in [0.15, 0.2) is 36.4 Å². The van der Waals surface area contributed by atoms with Gasteiger partial charge in [-0.1, -0.05) is 31.2 Å². The average molecular weight is 286 g/mol. The molecule has 0 saturated heterocycles. The molecule has 0 saturated carbocycles. The van der Waals surface area contributed by atoms with Crippen LogP contribution in [0.1, 0.15) is 38.3 Å². The van der Waals surface area contributed by atoms with Crippen LogP contribution in [-0.2, 0) is 22.7 Å². The normalized spacial score (nSPS) is 11.6. The quantitative estimate of drug-likeness (QED) is 0.850. The first kappa shape index (κ1) is 15.5. The highest BCUT2D eigenvalue weighted by atomic mass is 16.5. The van der Waals surface area contributed by atoms with E-state index in [4.69, 9.17) is 9.84 Å². The minimum absolute atomic E-state index is 0.0431. The Hall–Kier alpha value is -1.87. The summed E-state index contributed by atoms with van der Waals surface area (Å²) >= 11 is 0. The number of esters is 1. The zero-order valence-electron chi connectivity index (χ0n) is 12.8. The van der Waals surface area contributed by atoms with E-state index in [1.807, 2.05) is 57.2 Å². The Labute approximate surface area is 125 Å². The van der Waals surface area contributed by atoms with Gasteiger partial charge in [-0.05, 0) is 54.3 Å². The van der Waals surface area contributed by atoms with E-state index >= 15 is 0 Å². The highest BCUT2D eigenvalue weighted by Crippen LogP contribution is 2.23. The molecule has 3 nitrogen and oxygen atoms in total. The van der Waals surface area contributed by atoms with E-state index < -0.39 is 5.41 Å². The van der Waals surface area contributed by atoms with Gasteiger partial charge in [-0.2, -0.15) is 0 Å². The molecule has 21 heavy (non-hydrogen) atoms. The van der Waals surface area contributed by atoms with Crippen molar-refractivity contribution >= 4 is 16.7 Å². The number of fused-ring (bicyclic) bond motifs is 1. The van der Waals surface area contributed by atoms with E-state index in [0.717, 1.165) is 28.3 Å². The third-order valence-corrected chi connectivity index (χ3v) is 3.96. The number of hydrogen-bond donors (Lipinski definition) is 1. The second-order valence-corrected chi connectivity index (χ2v) is 5.99. The number of hydrogen-bond acceptors (Lipinski definition) is 3. The zero-order chi connectivity index (χ0) is 15.5. The van der Waals surface area contributed by atoms with Crippen LogP contribution >= 0.6 is 0 Å². The lowest BCUT2D eigenvalue weighted by Gasteiger charge is -2.20. The molecule has 0 atom stereocenters. The topological polar surface area (TPSA) is 46.5 Å². The minimum atomic E-state index is -0.438.